The Bertz CT molecular complexity index is 887. The van der Waals surface area contributed by atoms with E-state index in [1.165, 1.54) is 4.90 Å². The summed E-state index contributed by atoms with van der Waals surface area (Å²) in [5.74, 6) is -1.51. The maximum Gasteiger partial charge on any atom is 0.250 e. The van der Waals surface area contributed by atoms with E-state index in [-0.39, 0.29) is 29.8 Å². The Morgan fingerprint density at radius 3 is 2.81 bits per heavy atom. The molecule has 5 atom stereocenters. The molecule has 7 heteroatoms. The molecule has 4 aliphatic heterocycles. The minimum atomic E-state index is -1.07. The van der Waals surface area contributed by atoms with Crippen LogP contribution in [0.25, 0.3) is 0 Å². The zero-order valence-electron chi connectivity index (χ0n) is 15.4. The third kappa shape index (κ3) is 1.92. The second-order valence-corrected chi connectivity index (χ2v) is 9.04. The van der Waals surface area contributed by atoms with Crippen molar-refractivity contribution in [2.45, 2.75) is 50.7 Å². The van der Waals surface area contributed by atoms with Gasteiger partial charge in [-0.2, -0.15) is 0 Å². The van der Waals surface area contributed by atoms with Crippen molar-refractivity contribution in [1.82, 2.24) is 9.80 Å². The number of carbonyl (C=O) groups is 3. The summed E-state index contributed by atoms with van der Waals surface area (Å²) in [6.07, 6.45) is 2.51. The van der Waals surface area contributed by atoms with Crippen LogP contribution in [-0.4, -0.2) is 46.1 Å². The Labute approximate surface area is 166 Å². The average molecular weight is 432 g/mol. The quantitative estimate of drug-likeness (QED) is 0.730. The van der Waals surface area contributed by atoms with Crippen LogP contribution in [0.3, 0.4) is 0 Å². The Morgan fingerprint density at radius 2 is 2.07 bits per heavy atom. The van der Waals surface area contributed by atoms with Crippen molar-refractivity contribution in [3.8, 4) is 0 Å². The fourth-order valence-corrected chi connectivity index (χ4v) is 6.18. The lowest BCUT2D eigenvalue weighted by Crippen LogP contribution is -2.54. The van der Waals surface area contributed by atoms with Gasteiger partial charge < -0.3 is 5.32 Å². The van der Waals surface area contributed by atoms with E-state index < -0.39 is 17.4 Å². The molecule has 0 aliphatic carbocycles. The zero-order valence-corrected chi connectivity index (χ0v) is 17.0. The van der Waals surface area contributed by atoms with Gasteiger partial charge in [-0.25, -0.2) is 0 Å². The summed E-state index contributed by atoms with van der Waals surface area (Å²) >= 11 is 3.51. The van der Waals surface area contributed by atoms with E-state index in [0.29, 0.717) is 6.42 Å². The summed E-state index contributed by atoms with van der Waals surface area (Å²) in [5, 5.41) is 2.99. The van der Waals surface area contributed by atoms with Crippen molar-refractivity contribution in [1.29, 1.82) is 0 Å². The first-order valence-corrected chi connectivity index (χ1v) is 10.5. The Balaban J connectivity index is 1.74. The summed E-state index contributed by atoms with van der Waals surface area (Å²) in [4.78, 5) is 43.8. The summed E-state index contributed by atoms with van der Waals surface area (Å²) in [7, 11) is 0. The van der Waals surface area contributed by atoms with Gasteiger partial charge in [0.15, 0.2) is 0 Å². The molecule has 1 aromatic carbocycles. The number of rotatable bonds is 2. The van der Waals surface area contributed by atoms with Crippen LogP contribution in [0, 0.1) is 11.8 Å². The van der Waals surface area contributed by atoms with E-state index in [0.717, 1.165) is 35.1 Å². The number of likely N-dealkylation sites (tertiary alicyclic amines) is 1. The topological polar surface area (TPSA) is 69.7 Å². The van der Waals surface area contributed by atoms with Gasteiger partial charge in [0.2, 0.25) is 17.7 Å². The van der Waals surface area contributed by atoms with Crippen LogP contribution in [-0.2, 0) is 19.9 Å². The van der Waals surface area contributed by atoms with Gasteiger partial charge in [0.05, 0.1) is 11.8 Å². The molecule has 3 fully saturated rings. The molecule has 4 aliphatic rings. The second-order valence-electron chi connectivity index (χ2n) is 8.12. The maximum absolute atomic E-state index is 13.5. The molecule has 0 saturated carbocycles. The SMILES string of the molecule is CC[C@H](C)N1C(=O)[C@@H]2[C@H]3CCCN3[C@@]3(C(=O)Nc4ccc(Br)cc43)[C@@H]2C1=O. The number of fused-ring (bicyclic) bond motifs is 7. The van der Waals surface area contributed by atoms with E-state index in [1.54, 1.807) is 0 Å². The molecule has 6 nitrogen and oxygen atoms in total. The molecule has 5 rings (SSSR count). The number of benzene rings is 1. The van der Waals surface area contributed by atoms with Gasteiger partial charge in [-0.3, -0.25) is 24.2 Å². The number of carbonyl (C=O) groups excluding carboxylic acids is 3. The third-order valence-corrected chi connectivity index (χ3v) is 7.51. The predicted octanol–water partition coefficient (Wildman–Crippen LogP) is 2.47. The highest BCUT2D eigenvalue weighted by Gasteiger charge is 2.74. The van der Waals surface area contributed by atoms with E-state index in [2.05, 4.69) is 26.1 Å². The molecular formula is C20H22BrN3O3. The van der Waals surface area contributed by atoms with E-state index >= 15 is 0 Å². The number of hydrogen-bond acceptors (Lipinski definition) is 4. The van der Waals surface area contributed by atoms with E-state index in [4.69, 9.17) is 0 Å². The molecule has 1 N–H and O–H groups in total. The third-order valence-electron chi connectivity index (χ3n) is 7.02. The Morgan fingerprint density at radius 1 is 1.30 bits per heavy atom. The molecule has 3 saturated heterocycles. The second kappa shape index (κ2) is 5.64. The Kier molecular flexibility index (Phi) is 3.63. The lowest BCUT2D eigenvalue weighted by Gasteiger charge is -2.37. The van der Waals surface area contributed by atoms with Crippen molar-refractivity contribution in [2.75, 3.05) is 11.9 Å². The molecule has 3 amide bonds. The van der Waals surface area contributed by atoms with Gasteiger partial charge in [0.1, 0.15) is 5.54 Å². The molecule has 0 radical (unpaired) electrons. The van der Waals surface area contributed by atoms with Crippen molar-refractivity contribution in [3.63, 3.8) is 0 Å². The molecule has 142 valence electrons. The minimum absolute atomic E-state index is 0.0452. The number of amides is 3. The highest BCUT2D eigenvalue weighted by Crippen LogP contribution is 2.60. The Hall–Kier alpha value is -1.73. The zero-order chi connectivity index (χ0) is 19.1. The maximum atomic E-state index is 13.5. The molecule has 0 unspecified atom stereocenters. The van der Waals surface area contributed by atoms with E-state index in [1.807, 2.05) is 32.0 Å². The van der Waals surface area contributed by atoms with Crippen molar-refractivity contribution in [3.05, 3.63) is 28.2 Å². The summed E-state index contributed by atoms with van der Waals surface area (Å²) < 4.78 is 0.867. The number of halogens is 1. The van der Waals surface area contributed by atoms with Gasteiger partial charge in [0.25, 0.3) is 0 Å². The largest absolute Gasteiger partial charge is 0.324 e. The highest BCUT2D eigenvalue weighted by atomic mass is 79.9. The van der Waals surface area contributed by atoms with Crippen molar-refractivity contribution >= 4 is 39.3 Å². The normalized spacial score (nSPS) is 35.6. The van der Waals surface area contributed by atoms with Crippen LogP contribution in [0.1, 0.15) is 38.7 Å². The van der Waals surface area contributed by atoms with E-state index in [9.17, 15) is 14.4 Å². The summed E-state index contributed by atoms with van der Waals surface area (Å²) in [6, 6.07) is 5.51. The molecular weight excluding hydrogens is 410 g/mol. The van der Waals surface area contributed by atoms with Gasteiger partial charge in [-0.1, -0.05) is 22.9 Å². The summed E-state index contributed by atoms with van der Waals surface area (Å²) in [5.41, 5.74) is 0.505. The number of hydrogen-bond donors (Lipinski definition) is 1. The first-order chi connectivity index (χ1) is 12.9. The molecule has 27 heavy (non-hydrogen) atoms. The smallest absolute Gasteiger partial charge is 0.250 e. The van der Waals surface area contributed by atoms with Crippen LogP contribution in [0.2, 0.25) is 0 Å². The van der Waals surface area contributed by atoms with Crippen LogP contribution in [0.5, 0.6) is 0 Å². The van der Waals surface area contributed by atoms with Gasteiger partial charge in [-0.15, -0.1) is 0 Å². The predicted molar refractivity (Wildman–Crippen MR) is 103 cm³/mol. The average Bonchev–Trinajstić information content (AvgIpc) is 3.33. The lowest BCUT2D eigenvalue weighted by atomic mass is 9.75. The van der Waals surface area contributed by atoms with Gasteiger partial charge in [0, 0.05) is 27.8 Å². The van der Waals surface area contributed by atoms with Crippen LogP contribution in [0.15, 0.2) is 22.7 Å². The van der Waals surface area contributed by atoms with Crippen molar-refractivity contribution < 1.29 is 14.4 Å². The molecule has 4 heterocycles. The number of imide groups is 1. The first-order valence-electron chi connectivity index (χ1n) is 9.68. The number of anilines is 1. The fourth-order valence-electron chi connectivity index (χ4n) is 5.81. The molecule has 0 aromatic heterocycles. The molecule has 1 aromatic rings. The summed E-state index contributed by atoms with van der Waals surface area (Å²) in [6.45, 7) is 4.63. The number of nitrogens with one attached hydrogen (secondary N) is 1. The highest BCUT2D eigenvalue weighted by molar-refractivity contribution is 9.10. The standard InChI is InChI=1S/C20H22BrN3O3/c1-3-10(2)24-17(25)15-14-5-4-8-23(14)20(16(15)18(24)26)12-9-11(21)6-7-13(12)22-19(20)27/h6-7,9-10,14-16H,3-5,8H2,1-2H3,(H,22,27)/t10-,14+,15+,16-,20+/m0/s1. The van der Waals surface area contributed by atoms with Crippen molar-refractivity contribution in [2.24, 2.45) is 11.8 Å². The minimum Gasteiger partial charge on any atom is -0.324 e. The molecule has 0 bridgehead atoms. The number of nitrogens with zero attached hydrogens (tertiary/aromatic N) is 2. The van der Waals surface area contributed by atoms with Crippen LogP contribution in [0.4, 0.5) is 5.69 Å². The van der Waals surface area contributed by atoms with Crippen LogP contribution < -0.4 is 5.32 Å². The fraction of sp³-hybridized carbons (Fsp3) is 0.550. The lowest BCUT2D eigenvalue weighted by molar-refractivity contribution is -0.147. The van der Waals surface area contributed by atoms with Gasteiger partial charge in [-0.05, 0) is 50.9 Å². The monoisotopic (exact) mass is 431 g/mol. The first kappa shape index (κ1) is 17.4. The van der Waals surface area contributed by atoms with Gasteiger partial charge >= 0.3 is 0 Å². The molecule has 1 spiro atoms. The van der Waals surface area contributed by atoms with Crippen LogP contribution >= 0.6 is 15.9 Å².